The number of aryl methyl sites for hydroxylation is 1. The molecular formula is C13H21NO2. The van der Waals surface area contributed by atoms with Gasteiger partial charge in [0.1, 0.15) is 0 Å². The molecule has 0 aliphatic carbocycles. The van der Waals surface area contributed by atoms with Gasteiger partial charge in [-0.05, 0) is 37.8 Å². The molecule has 0 aromatic carbocycles. The molecule has 1 N–H and O–H groups in total. The van der Waals surface area contributed by atoms with Gasteiger partial charge in [-0.25, -0.2) is 0 Å². The van der Waals surface area contributed by atoms with Crippen molar-refractivity contribution in [3.63, 3.8) is 0 Å². The van der Waals surface area contributed by atoms with E-state index in [-0.39, 0.29) is 6.42 Å². The summed E-state index contributed by atoms with van der Waals surface area (Å²) in [5, 5.41) is 8.56. The summed E-state index contributed by atoms with van der Waals surface area (Å²) in [5.41, 5.74) is 2.60. The van der Waals surface area contributed by atoms with E-state index < -0.39 is 5.97 Å². The zero-order valence-corrected chi connectivity index (χ0v) is 10.4. The number of carboxylic acids is 1. The Morgan fingerprint density at radius 2 is 2.06 bits per heavy atom. The van der Waals surface area contributed by atoms with Crippen LogP contribution in [-0.4, -0.2) is 15.6 Å². The molecule has 3 nitrogen and oxygen atoms in total. The van der Waals surface area contributed by atoms with E-state index in [1.165, 1.54) is 11.4 Å². The van der Waals surface area contributed by atoms with E-state index in [4.69, 9.17) is 5.11 Å². The Morgan fingerprint density at radius 1 is 1.38 bits per heavy atom. The molecule has 0 aliphatic rings. The summed E-state index contributed by atoms with van der Waals surface area (Å²) in [6.07, 6.45) is 1.96. The van der Waals surface area contributed by atoms with Crippen molar-refractivity contribution in [1.82, 2.24) is 4.57 Å². The van der Waals surface area contributed by atoms with Gasteiger partial charge in [0.15, 0.2) is 0 Å². The fraction of sp³-hybridized carbons (Fsp3) is 0.615. The number of aliphatic carboxylic acids is 1. The third-order valence-corrected chi connectivity index (χ3v) is 2.85. The number of hydrogen-bond acceptors (Lipinski definition) is 1. The van der Waals surface area contributed by atoms with E-state index in [0.717, 1.165) is 19.4 Å². The van der Waals surface area contributed by atoms with Gasteiger partial charge in [0.25, 0.3) is 0 Å². The third-order valence-electron chi connectivity index (χ3n) is 2.85. The molecular weight excluding hydrogens is 202 g/mol. The summed E-state index contributed by atoms with van der Waals surface area (Å²) in [4.78, 5) is 10.4. The van der Waals surface area contributed by atoms with E-state index in [9.17, 15) is 4.79 Å². The minimum Gasteiger partial charge on any atom is -0.481 e. The maximum absolute atomic E-state index is 10.4. The monoisotopic (exact) mass is 223 g/mol. The molecule has 90 valence electrons. The standard InChI is InChI=1S/C13H21NO2/c1-10(2)12-8-7-11(3)14(12)9-5-4-6-13(15)16/h7-8,10H,4-6,9H2,1-3H3,(H,15,16). The van der Waals surface area contributed by atoms with Crippen molar-refractivity contribution >= 4 is 5.97 Å². The summed E-state index contributed by atoms with van der Waals surface area (Å²) in [7, 11) is 0. The number of rotatable bonds is 6. The zero-order chi connectivity index (χ0) is 12.1. The Balaban J connectivity index is 2.52. The second kappa shape index (κ2) is 5.73. The van der Waals surface area contributed by atoms with Crippen LogP contribution in [0.15, 0.2) is 12.1 Å². The molecule has 0 bridgehead atoms. The first-order chi connectivity index (χ1) is 7.52. The Bertz CT molecular complexity index is 353. The first-order valence-corrected chi connectivity index (χ1v) is 5.90. The maximum atomic E-state index is 10.4. The van der Waals surface area contributed by atoms with Gasteiger partial charge in [0, 0.05) is 24.4 Å². The van der Waals surface area contributed by atoms with Crippen LogP contribution in [0.5, 0.6) is 0 Å². The molecule has 0 saturated carbocycles. The van der Waals surface area contributed by atoms with Gasteiger partial charge < -0.3 is 9.67 Å². The van der Waals surface area contributed by atoms with Crippen LogP contribution in [0.2, 0.25) is 0 Å². The van der Waals surface area contributed by atoms with E-state index in [0.29, 0.717) is 5.92 Å². The zero-order valence-electron chi connectivity index (χ0n) is 10.4. The molecule has 0 unspecified atom stereocenters. The number of nitrogens with zero attached hydrogens (tertiary/aromatic N) is 1. The lowest BCUT2D eigenvalue weighted by atomic mass is 10.1. The quantitative estimate of drug-likeness (QED) is 0.753. The van der Waals surface area contributed by atoms with Crippen molar-refractivity contribution in [3.8, 4) is 0 Å². The minimum atomic E-state index is -0.701. The number of unbranched alkanes of at least 4 members (excludes halogenated alkanes) is 1. The molecule has 3 heteroatoms. The molecule has 0 amide bonds. The predicted octanol–water partition coefficient (Wildman–Crippen LogP) is 3.17. The van der Waals surface area contributed by atoms with Gasteiger partial charge in [0.05, 0.1) is 0 Å². The molecule has 1 rings (SSSR count). The summed E-state index contributed by atoms with van der Waals surface area (Å²) in [6.45, 7) is 7.40. The minimum absolute atomic E-state index is 0.275. The van der Waals surface area contributed by atoms with Gasteiger partial charge in [-0.15, -0.1) is 0 Å². The van der Waals surface area contributed by atoms with Gasteiger partial charge in [0.2, 0.25) is 0 Å². The molecule has 0 radical (unpaired) electrons. The van der Waals surface area contributed by atoms with E-state index in [2.05, 4.69) is 37.5 Å². The van der Waals surface area contributed by atoms with E-state index in [1.807, 2.05) is 0 Å². The van der Waals surface area contributed by atoms with Crippen molar-refractivity contribution in [2.45, 2.75) is 52.5 Å². The number of hydrogen-bond donors (Lipinski definition) is 1. The molecule has 0 fully saturated rings. The normalized spacial score (nSPS) is 11.0. The Kier molecular flexibility index (Phi) is 4.59. The Hall–Kier alpha value is -1.25. The fourth-order valence-corrected chi connectivity index (χ4v) is 1.95. The molecule has 0 aliphatic heterocycles. The van der Waals surface area contributed by atoms with Crippen molar-refractivity contribution < 1.29 is 9.90 Å². The van der Waals surface area contributed by atoms with Crippen LogP contribution in [0.3, 0.4) is 0 Å². The molecule has 1 aromatic rings. The summed E-state index contributed by atoms with van der Waals surface area (Å²) >= 11 is 0. The van der Waals surface area contributed by atoms with Crippen molar-refractivity contribution in [2.75, 3.05) is 0 Å². The highest BCUT2D eigenvalue weighted by Crippen LogP contribution is 2.19. The van der Waals surface area contributed by atoms with E-state index >= 15 is 0 Å². The SMILES string of the molecule is Cc1ccc(C(C)C)n1CCCCC(=O)O. The number of aromatic nitrogens is 1. The predicted molar refractivity (Wildman–Crippen MR) is 64.7 cm³/mol. The maximum Gasteiger partial charge on any atom is 0.303 e. The van der Waals surface area contributed by atoms with Crippen LogP contribution in [0.25, 0.3) is 0 Å². The molecule has 1 aromatic heterocycles. The lowest BCUT2D eigenvalue weighted by Gasteiger charge is -2.13. The summed E-state index contributed by atoms with van der Waals surface area (Å²) in [5.74, 6) is -0.179. The smallest absolute Gasteiger partial charge is 0.303 e. The van der Waals surface area contributed by atoms with Gasteiger partial charge in [-0.1, -0.05) is 13.8 Å². The van der Waals surface area contributed by atoms with Gasteiger partial charge in [-0.3, -0.25) is 4.79 Å². The Morgan fingerprint density at radius 3 is 2.62 bits per heavy atom. The molecule has 1 heterocycles. The second-order valence-corrected chi connectivity index (χ2v) is 4.56. The Labute approximate surface area is 97.1 Å². The topological polar surface area (TPSA) is 42.2 Å². The van der Waals surface area contributed by atoms with E-state index in [1.54, 1.807) is 0 Å². The largest absolute Gasteiger partial charge is 0.481 e. The van der Waals surface area contributed by atoms with Gasteiger partial charge >= 0.3 is 5.97 Å². The number of carboxylic acid groups (broad SMARTS) is 1. The average molecular weight is 223 g/mol. The highest BCUT2D eigenvalue weighted by atomic mass is 16.4. The molecule has 16 heavy (non-hydrogen) atoms. The molecule has 0 spiro atoms. The summed E-state index contributed by atoms with van der Waals surface area (Å²) in [6, 6.07) is 4.30. The van der Waals surface area contributed by atoms with Crippen LogP contribution >= 0.6 is 0 Å². The lowest BCUT2D eigenvalue weighted by molar-refractivity contribution is -0.137. The van der Waals surface area contributed by atoms with Crippen molar-refractivity contribution in [3.05, 3.63) is 23.5 Å². The highest BCUT2D eigenvalue weighted by Gasteiger charge is 2.08. The van der Waals surface area contributed by atoms with Crippen LogP contribution in [0.1, 0.15) is 50.4 Å². The lowest BCUT2D eigenvalue weighted by Crippen LogP contribution is -2.07. The second-order valence-electron chi connectivity index (χ2n) is 4.56. The fourth-order valence-electron chi connectivity index (χ4n) is 1.95. The van der Waals surface area contributed by atoms with Gasteiger partial charge in [-0.2, -0.15) is 0 Å². The first kappa shape index (κ1) is 12.8. The number of carbonyl (C=O) groups is 1. The van der Waals surface area contributed by atoms with Crippen LogP contribution in [0, 0.1) is 6.92 Å². The van der Waals surface area contributed by atoms with Crippen LogP contribution in [-0.2, 0) is 11.3 Å². The summed E-state index contributed by atoms with van der Waals surface area (Å²) < 4.78 is 2.30. The molecule has 0 saturated heterocycles. The third kappa shape index (κ3) is 3.40. The van der Waals surface area contributed by atoms with Crippen LogP contribution in [0.4, 0.5) is 0 Å². The average Bonchev–Trinajstić information content (AvgIpc) is 2.54. The van der Waals surface area contributed by atoms with Crippen LogP contribution < -0.4 is 0 Å². The van der Waals surface area contributed by atoms with Crippen molar-refractivity contribution in [1.29, 1.82) is 0 Å². The molecule has 0 atom stereocenters. The first-order valence-electron chi connectivity index (χ1n) is 5.90. The highest BCUT2D eigenvalue weighted by molar-refractivity contribution is 5.66. The van der Waals surface area contributed by atoms with Crippen molar-refractivity contribution in [2.24, 2.45) is 0 Å².